The molecule has 0 radical (unpaired) electrons. The van der Waals surface area contributed by atoms with Crippen molar-refractivity contribution in [3.8, 4) is 0 Å². The molecule has 1 saturated carbocycles. The Kier molecular flexibility index (Phi) is 6.46. The molecule has 1 aliphatic carbocycles. The molecule has 1 aromatic carbocycles. The quantitative estimate of drug-likeness (QED) is 0.771. The number of amides is 1. The van der Waals surface area contributed by atoms with Gasteiger partial charge in [0.25, 0.3) is 0 Å². The molecule has 5 atom stereocenters. The molecule has 0 unspecified atom stereocenters. The highest BCUT2D eigenvalue weighted by Crippen LogP contribution is 2.44. The highest BCUT2D eigenvalue weighted by molar-refractivity contribution is 5.68. The predicted molar refractivity (Wildman–Crippen MR) is 115 cm³/mol. The predicted octanol–water partition coefficient (Wildman–Crippen LogP) is 3.84. The molecule has 1 amide bonds. The van der Waals surface area contributed by atoms with Crippen molar-refractivity contribution in [3.63, 3.8) is 0 Å². The number of rotatable bonds is 4. The van der Waals surface area contributed by atoms with Crippen LogP contribution in [0.25, 0.3) is 0 Å². The lowest BCUT2D eigenvalue weighted by molar-refractivity contribution is 0.0341. The number of piperidine rings is 1. The van der Waals surface area contributed by atoms with E-state index in [9.17, 15) is 13.6 Å². The maximum absolute atomic E-state index is 14.7. The van der Waals surface area contributed by atoms with Crippen LogP contribution in [-0.2, 0) is 4.74 Å². The number of alkyl carbamates (subject to hydrolysis) is 1. The molecule has 2 aromatic rings. The number of benzene rings is 1. The SMILES string of the molecule is CC(C)(C)OC(=O)N[C@@H]1C[C@@H](F)CN([C@@H]2C[C@H](c3ccc(F)cc3)C[C@H]2n2cncn2)C1. The Morgan fingerprint density at radius 1 is 1.12 bits per heavy atom. The van der Waals surface area contributed by atoms with Gasteiger partial charge in [0.1, 0.15) is 30.2 Å². The lowest BCUT2D eigenvalue weighted by Gasteiger charge is -2.40. The number of hydrogen-bond acceptors (Lipinski definition) is 5. The van der Waals surface area contributed by atoms with Gasteiger partial charge in [0.15, 0.2) is 0 Å². The van der Waals surface area contributed by atoms with Crippen LogP contribution in [0.5, 0.6) is 0 Å². The highest BCUT2D eigenvalue weighted by Gasteiger charge is 2.43. The summed E-state index contributed by atoms with van der Waals surface area (Å²) in [6.45, 7) is 6.24. The molecule has 0 bridgehead atoms. The fourth-order valence-corrected chi connectivity index (χ4v) is 4.99. The molecule has 2 aliphatic rings. The number of halogens is 2. The zero-order chi connectivity index (χ0) is 22.9. The van der Waals surface area contributed by atoms with E-state index >= 15 is 0 Å². The van der Waals surface area contributed by atoms with E-state index in [1.807, 2.05) is 16.8 Å². The van der Waals surface area contributed by atoms with Crippen LogP contribution in [0.4, 0.5) is 13.6 Å². The van der Waals surface area contributed by atoms with Crippen molar-refractivity contribution in [3.05, 3.63) is 48.3 Å². The van der Waals surface area contributed by atoms with E-state index in [1.165, 1.54) is 18.5 Å². The third kappa shape index (κ3) is 5.43. The molecule has 2 fully saturated rings. The number of aromatic nitrogens is 3. The first-order valence-electron chi connectivity index (χ1n) is 11.1. The minimum Gasteiger partial charge on any atom is -0.444 e. The van der Waals surface area contributed by atoms with Crippen molar-refractivity contribution in [2.45, 2.75) is 75.8 Å². The average Bonchev–Trinajstić information content (AvgIpc) is 3.36. The van der Waals surface area contributed by atoms with Crippen molar-refractivity contribution in [1.29, 1.82) is 0 Å². The Bertz CT molecular complexity index is 900. The van der Waals surface area contributed by atoms with Gasteiger partial charge in [-0.1, -0.05) is 12.1 Å². The first-order chi connectivity index (χ1) is 15.2. The van der Waals surface area contributed by atoms with E-state index in [1.54, 1.807) is 27.1 Å². The molecule has 1 aromatic heterocycles. The van der Waals surface area contributed by atoms with Gasteiger partial charge in [-0.15, -0.1) is 0 Å². The maximum Gasteiger partial charge on any atom is 0.407 e. The second kappa shape index (κ2) is 9.13. The minimum atomic E-state index is -1.05. The Labute approximate surface area is 187 Å². The van der Waals surface area contributed by atoms with Gasteiger partial charge in [-0.3, -0.25) is 4.90 Å². The Morgan fingerprint density at radius 3 is 2.50 bits per heavy atom. The Hall–Kier alpha value is -2.55. The number of carbonyl (C=O) groups is 1. The van der Waals surface area contributed by atoms with Crippen LogP contribution in [0, 0.1) is 5.82 Å². The second-order valence-electron chi connectivity index (χ2n) is 9.86. The number of alkyl halides is 1. The summed E-state index contributed by atoms with van der Waals surface area (Å²) in [5, 5.41) is 7.19. The fourth-order valence-electron chi connectivity index (χ4n) is 4.99. The van der Waals surface area contributed by atoms with Gasteiger partial charge in [0.2, 0.25) is 0 Å². The lowest BCUT2D eigenvalue weighted by Crippen LogP contribution is -2.55. The van der Waals surface area contributed by atoms with Crippen molar-refractivity contribution < 1.29 is 18.3 Å². The van der Waals surface area contributed by atoms with Gasteiger partial charge in [0.05, 0.1) is 6.04 Å². The second-order valence-corrected chi connectivity index (χ2v) is 9.86. The first kappa shape index (κ1) is 22.6. The molecule has 4 rings (SSSR count). The third-order valence-corrected chi connectivity index (χ3v) is 6.23. The minimum absolute atomic E-state index is 0.0139. The normalized spacial score (nSPS) is 29.1. The van der Waals surface area contributed by atoms with Crippen LogP contribution in [-0.4, -0.2) is 62.7 Å². The summed E-state index contributed by atoms with van der Waals surface area (Å²) in [4.78, 5) is 18.5. The summed E-state index contributed by atoms with van der Waals surface area (Å²) in [7, 11) is 0. The number of likely N-dealkylation sites (tertiary alicyclic amines) is 1. The van der Waals surface area contributed by atoms with E-state index in [0.717, 1.165) is 18.4 Å². The van der Waals surface area contributed by atoms with Crippen LogP contribution in [0.15, 0.2) is 36.9 Å². The zero-order valence-electron chi connectivity index (χ0n) is 18.7. The van der Waals surface area contributed by atoms with Crippen LogP contribution in [0.1, 0.15) is 57.6 Å². The van der Waals surface area contributed by atoms with Gasteiger partial charge in [0, 0.05) is 31.6 Å². The van der Waals surface area contributed by atoms with Crippen LogP contribution in [0.2, 0.25) is 0 Å². The van der Waals surface area contributed by atoms with Crippen molar-refractivity contribution >= 4 is 6.09 Å². The number of nitrogens with zero attached hydrogens (tertiary/aromatic N) is 4. The monoisotopic (exact) mass is 447 g/mol. The van der Waals surface area contributed by atoms with Gasteiger partial charge >= 0.3 is 6.09 Å². The van der Waals surface area contributed by atoms with Gasteiger partial charge < -0.3 is 10.1 Å². The van der Waals surface area contributed by atoms with Gasteiger partial charge in [-0.25, -0.2) is 23.2 Å². The summed E-state index contributed by atoms with van der Waals surface area (Å²) in [6, 6.07) is 6.30. The maximum atomic E-state index is 14.7. The molecule has 1 saturated heterocycles. The molecular formula is C23H31F2N5O2. The van der Waals surface area contributed by atoms with Crippen molar-refractivity contribution in [1.82, 2.24) is 25.0 Å². The molecule has 2 heterocycles. The largest absolute Gasteiger partial charge is 0.444 e. The van der Waals surface area contributed by atoms with Gasteiger partial charge in [-0.05, 0) is 57.2 Å². The zero-order valence-corrected chi connectivity index (χ0v) is 18.7. The lowest BCUT2D eigenvalue weighted by atomic mass is 9.96. The molecule has 9 heteroatoms. The number of carbonyl (C=O) groups excluding carboxylic acids is 1. The summed E-state index contributed by atoms with van der Waals surface area (Å²) >= 11 is 0. The van der Waals surface area contributed by atoms with Crippen LogP contribution in [0.3, 0.4) is 0 Å². The average molecular weight is 448 g/mol. The fraction of sp³-hybridized carbons (Fsp3) is 0.609. The van der Waals surface area contributed by atoms with Crippen molar-refractivity contribution in [2.24, 2.45) is 0 Å². The standard InChI is InChI=1S/C23H31F2N5O2/c1-23(2,3)32-22(31)28-19-10-18(25)11-29(12-19)20-8-16(15-4-6-17(24)7-5-15)9-21(20)30-14-26-13-27-30/h4-7,13-14,16,18-21H,8-12H2,1-3H3,(H,28,31)/t16-,18+,19+,20+,21+/m0/s1. The van der Waals surface area contributed by atoms with Crippen molar-refractivity contribution in [2.75, 3.05) is 13.1 Å². The Morgan fingerprint density at radius 2 is 1.84 bits per heavy atom. The summed E-state index contributed by atoms with van der Waals surface area (Å²) in [6.07, 6.45) is 3.48. The number of hydrogen-bond donors (Lipinski definition) is 1. The third-order valence-electron chi connectivity index (χ3n) is 6.23. The molecule has 1 aliphatic heterocycles. The van der Waals surface area contributed by atoms with E-state index < -0.39 is 17.9 Å². The summed E-state index contributed by atoms with van der Waals surface area (Å²) < 4.78 is 35.4. The topological polar surface area (TPSA) is 72.3 Å². The first-order valence-corrected chi connectivity index (χ1v) is 11.1. The van der Waals surface area contributed by atoms with Gasteiger partial charge in [-0.2, -0.15) is 5.10 Å². The summed E-state index contributed by atoms with van der Waals surface area (Å²) in [5.74, 6) is -0.0597. The van der Waals surface area contributed by atoms with E-state index in [-0.39, 0.29) is 36.3 Å². The molecule has 0 spiro atoms. The molecule has 7 nitrogen and oxygen atoms in total. The highest BCUT2D eigenvalue weighted by atomic mass is 19.1. The van der Waals surface area contributed by atoms with E-state index in [2.05, 4.69) is 20.3 Å². The summed E-state index contributed by atoms with van der Waals surface area (Å²) in [5.41, 5.74) is 0.454. The smallest absolute Gasteiger partial charge is 0.407 e. The van der Waals surface area contributed by atoms with E-state index in [0.29, 0.717) is 13.1 Å². The number of nitrogens with one attached hydrogen (secondary N) is 1. The van der Waals surface area contributed by atoms with Crippen LogP contribution < -0.4 is 5.32 Å². The van der Waals surface area contributed by atoms with E-state index in [4.69, 9.17) is 4.74 Å². The molecule has 174 valence electrons. The van der Waals surface area contributed by atoms with Crippen LogP contribution >= 0.6 is 0 Å². The number of ether oxygens (including phenoxy) is 1. The Balaban J connectivity index is 1.51. The molecule has 1 N–H and O–H groups in total. The molecule has 32 heavy (non-hydrogen) atoms. The molecular weight excluding hydrogens is 416 g/mol.